The van der Waals surface area contributed by atoms with E-state index < -0.39 is 53.6 Å². The Balaban J connectivity index is 2.17. The normalized spacial score (nSPS) is 16.7. The molecule has 0 bridgehead atoms. The van der Waals surface area contributed by atoms with Gasteiger partial charge in [0.15, 0.2) is 0 Å². The number of halogens is 5. The van der Waals surface area contributed by atoms with Crippen molar-refractivity contribution in [1.29, 1.82) is 0 Å². The lowest BCUT2D eigenvalue weighted by Gasteiger charge is -2.25. The first kappa shape index (κ1) is 25.4. The Morgan fingerprint density at radius 3 is 2.41 bits per heavy atom. The molecule has 182 valence electrons. The molecule has 1 aliphatic heterocycles. The lowest BCUT2D eigenvalue weighted by Crippen LogP contribution is -2.34. The highest BCUT2D eigenvalue weighted by Gasteiger charge is 2.43. The minimum absolute atomic E-state index is 0.0253. The van der Waals surface area contributed by atoms with Crippen LogP contribution in [0.5, 0.6) is 0 Å². The van der Waals surface area contributed by atoms with Gasteiger partial charge in [0.05, 0.1) is 23.4 Å². The van der Waals surface area contributed by atoms with Crippen LogP contribution in [-0.2, 0) is 11.0 Å². The summed E-state index contributed by atoms with van der Waals surface area (Å²) < 4.78 is 71.3. The number of carbonyl (C=O) groups excluding carboxylic acids is 2. The predicted molar refractivity (Wildman–Crippen MR) is 117 cm³/mol. The highest BCUT2D eigenvalue weighted by atomic mass is 19.4. The van der Waals surface area contributed by atoms with E-state index in [1.165, 1.54) is 25.1 Å². The molecular weight excluding hydrogens is 459 g/mol. The molecular formula is C24H23F5N2O3. The van der Waals surface area contributed by atoms with E-state index in [2.05, 4.69) is 5.32 Å². The molecule has 0 aromatic heterocycles. The first-order valence-electron chi connectivity index (χ1n) is 10.4. The summed E-state index contributed by atoms with van der Waals surface area (Å²) in [4.78, 5) is 26.4. The van der Waals surface area contributed by atoms with Gasteiger partial charge in [0.2, 0.25) is 5.91 Å². The van der Waals surface area contributed by atoms with Crippen molar-refractivity contribution >= 4 is 23.1 Å². The number of rotatable bonds is 4. The minimum atomic E-state index is -4.82. The summed E-state index contributed by atoms with van der Waals surface area (Å²) in [5, 5.41) is 11.1. The zero-order chi connectivity index (χ0) is 25.3. The fraction of sp³-hybridized carbons (Fsp3) is 0.333. The van der Waals surface area contributed by atoms with Gasteiger partial charge in [0.1, 0.15) is 0 Å². The second-order valence-corrected chi connectivity index (χ2v) is 8.05. The Morgan fingerprint density at radius 1 is 1.12 bits per heavy atom. The number of benzene rings is 2. The standard InChI is InChI=1S/C24H23F5N2O3/c1-14-4-6-20-17(11-14)18(13-21(33)30-8-10-32)23(25,26)7-9-31(20)22(34)16-5-3-15(2)12-19(16)24(27,28)29/h3-6,11-13,32H,7-10H2,1-2H3,(H,30,33)/b18-13-. The maximum absolute atomic E-state index is 15.2. The molecule has 0 unspecified atom stereocenters. The van der Waals surface area contributed by atoms with Crippen molar-refractivity contribution in [2.75, 3.05) is 24.6 Å². The van der Waals surface area contributed by atoms with Crippen LogP contribution in [0.25, 0.3) is 5.57 Å². The zero-order valence-corrected chi connectivity index (χ0v) is 18.5. The Morgan fingerprint density at radius 2 is 1.76 bits per heavy atom. The number of allylic oxidation sites excluding steroid dienone is 1. The molecule has 2 amide bonds. The first-order chi connectivity index (χ1) is 15.8. The van der Waals surface area contributed by atoms with Gasteiger partial charge in [0, 0.05) is 36.7 Å². The van der Waals surface area contributed by atoms with Gasteiger partial charge in [-0.25, -0.2) is 8.78 Å². The van der Waals surface area contributed by atoms with Crippen LogP contribution in [0.4, 0.5) is 27.6 Å². The van der Waals surface area contributed by atoms with Gasteiger partial charge in [0.25, 0.3) is 11.8 Å². The molecule has 0 radical (unpaired) electrons. The quantitative estimate of drug-likeness (QED) is 0.498. The van der Waals surface area contributed by atoms with E-state index in [1.54, 1.807) is 13.0 Å². The molecule has 3 rings (SSSR count). The van der Waals surface area contributed by atoms with Crippen molar-refractivity contribution in [2.24, 2.45) is 0 Å². The largest absolute Gasteiger partial charge is 0.417 e. The molecule has 2 N–H and O–H groups in total. The average molecular weight is 482 g/mol. The van der Waals surface area contributed by atoms with Crippen molar-refractivity contribution in [2.45, 2.75) is 32.4 Å². The maximum Gasteiger partial charge on any atom is 0.417 e. The van der Waals surface area contributed by atoms with Crippen LogP contribution in [0, 0.1) is 13.8 Å². The lowest BCUT2D eigenvalue weighted by atomic mass is 9.95. The molecule has 1 aliphatic rings. The van der Waals surface area contributed by atoms with Gasteiger partial charge in [-0.15, -0.1) is 0 Å². The fourth-order valence-electron chi connectivity index (χ4n) is 3.79. The number of aryl methyl sites for hydroxylation is 2. The third-order valence-corrected chi connectivity index (χ3v) is 5.42. The Kier molecular flexibility index (Phi) is 7.11. The first-order valence-corrected chi connectivity index (χ1v) is 10.4. The molecule has 2 aromatic carbocycles. The molecule has 0 atom stereocenters. The van der Waals surface area contributed by atoms with Gasteiger partial charge in [-0.2, -0.15) is 13.2 Å². The van der Waals surface area contributed by atoms with E-state index in [1.807, 2.05) is 0 Å². The number of anilines is 1. The molecule has 0 saturated heterocycles. The van der Waals surface area contributed by atoms with E-state index in [-0.39, 0.29) is 24.4 Å². The highest BCUT2D eigenvalue weighted by molar-refractivity contribution is 6.10. The summed E-state index contributed by atoms with van der Waals surface area (Å²) in [6.07, 6.45) is -5.02. The van der Waals surface area contributed by atoms with Crippen molar-refractivity contribution in [3.05, 3.63) is 70.3 Å². The number of alkyl halides is 5. The van der Waals surface area contributed by atoms with Crippen LogP contribution in [0.1, 0.15) is 39.0 Å². The number of amides is 2. The van der Waals surface area contributed by atoms with Crippen LogP contribution in [0.3, 0.4) is 0 Å². The molecule has 34 heavy (non-hydrogen) atoms. The topological polar surface area (TPSA) is 69.6 Å². The third kappa shape index (κ3) is 5.27. The number of nitrogens with zero attached hydrogens (tertiary/aromatic N) is 1. The van der Waals surface area contributed by atoms with E-state index in [9.17, 15) is 22.8 Å². The van der Waals surface area contributed by atoms with Gasteiger partial charge < -0.3 is 15.3 Å². The van der Waals surface area contributed by atoms with Crippen LogP contribution in [-0.4, -0.2) is 42.5 Å². The van der Waals surface area contributed by atoms with E-state index >= 15 is 8.78 Å². The van der Waals surface area contributed by atoms with Crippen molar-refractivity contribution < 1.29 is 36.6 Å². The summed E-state index contributed by atoms with van der Waals surface area (Å²) in [6, 6.07) is 7.52. The number of aliphatic hydroxyl groups excluding tert-OH is 1. The highest BCUT2D eigenvalue weighted by Crippen LogP contribution is 2.44. The predicted octanol–water partition coefficient (Wildman–Crippen LogP) is 4.50. The molecule has 2 aromatic rings. The maximum atomic E-state index is 15.2. The summed E-state index contributed by atoms with van der Waals surface area (Å²) in [5.74, 6) is -5.48. The molecule has 1 heterocycles. The Hall–Kier alpha value is -3.27. The molecule has 0 spiro atoms. The number of fused-ring (bicyclic) bond motifs is 1. The number of aliphatic hydroxyl groups is 1. The SMILES string of the molecule is Cc1ccc2c(c1)/C(=C/C(=O)NCCO)C(F)(F)CCN2C(=O)c1ccc(C)cc1C(F)(F)F. The van der Waals surface area contributed by atoms with Crippen molar-refractivity contribution in [3.8, 4) is 0 Å². The minimum Gasteiger partial charge on any atom is -0.395 e. The van der Waals surface area contributed by atoms with E-state index in [0.29, 0.717) is 17.2 Å². The lowest BCUT2D eigenvalue weighted by molar-refractivity contribution is -0.138. The second kappa shape index (κ2) is 9.54. The fourth-order valence-corrected chi connectivity index (χ4v) is 3.79. The summed E-state index contributed by atoms with van der Waals surface area (Å²) >= 11 is 0. The van der Waals surface area contributed by atoms with Gasteiger partial charge in [-0.3, -0.25) is 9.59 Å². The second-order valence-electron chi connectivity index (χ2n) is 8.05. The van der Waals surface area contributed by atoms with Crippen LogP contribution in [0.2, 0.25) is 0 Å². The molecule has 0 aliphatic carbocycles. The van der Waals surface area contributed by atoms with Crippen LogP contribution >= 0.6 is 0 Å². The Labute approximate surface area is 192 Å². The van der Waals surface area contributed by atoms with Gasteiger partial charge in [-0.05, 0) is 38.1 Å². The Bertz CT molecular complexity index is 1140. The molecule has 10 heteroatoms. The third-order valence-electron chi connectivity index (χ3n) is 5.42. The smallest absolute Gasteiger partial charge is 0.395 e. The van der Waals surface area contributed by atoms with Gasteiger partial charge in [-0.1, -0.05) is 23.3 Å². The molecule has 0 fully saturated rings. The summed E-state index contributed by atoms with van der Waals surface area (Å²) in [7, 11) is 0. The molecule has 0 saturated carbocycles. The molecule has 5 nitrogen and oxygen atoms in total. The zero-order valence-electron chi connectivity index (χ0n) is 18.5. The van der Waals surface area contributed by atoms with Crippen LogP contribution in [0.15, 0.2) is 42.5 Å². The van der Waals surface area contributed by atoms with Crippen LogP contribution < -0.4 is 10.2 Å². The van der Waals surface area contributed by atoms with Crippen molar-refractivity contribution in [3.63, 3.8) is 0 Å². The van der Waals surface area contributed by atoms with Gasteiger partial charge >= 0.3 is 6.18 Å². The number of nitrogens with one attached hydrogen (secondary N) is 1. The number of hydrogen-bond donors (Lipinski definition) is 2. The van der Waals surface area contributed by atoms with Crippen molar-refractivity contribution in [1.82, 2.24) is 5.32 Å². The van der Waals surface area contributed by atoms with E-state index in [0.717, 1.165) is 17.0 Å². The number of hydrogen-bond acceptors (Lipinski definition) is 3. The summed E-state index contributed by atoms with van der Waals surface area (Å²) in [6.45, 7) is 1.98. The summed E-state index contributed by atoms with van der Waals surface area (Å²) in [5.41, 5.74) is -1.77. The van der Waals surface area contributed by atoms with E-state index in [4.69, 9.17) is 5.11 Å². The number of carbonyl (C=O) groups is 2. The average Bonchev–Trinajstić information content (AvgIpc) is 2.85. The monoisotopic (exact) mass is 482 g/mol.